The fourth-order valence-electron chi connectivity index (χ4n) is 3.46. The van der Waals surface area contributed by atoms with Crippen molar-refractivity contribution in [2.24, 2.45) is 0 Å². The average molecular weight is 390 g/mol. The van der Waals surface area contributed by atoms with E-state index in [2.05, 4.69) is 30.9 Å². The van der Waals surface area contributed by atoms with Gasteiger partial charge in [0.05, 0.1) is 5.69 Å². The van der Waals surface area contributed by atoms with Crippen molar-refractivity contribution in [2.45, 2.75) is 46.0 Å². The minimum absolute atomic E-state index is 0.0167. The molecule has 4 heteroatoms. The molecule has 0 spiro atoms. The molecule has 0 saturated heterocycles. The predicted octanol–water partition coefficient (Wildman–Crippen LogP) is 5.23. The molecule has 0 radical (unpaired) electrons. The molecule has 2 aromatic carbocycles. The monoisotopic (exact) mass is 389 g/mol. The quantitative estimate of drug-likeness (QED) is 0.476. The maximum absolute atomic E-state index is 13.5. The van der Waals surface area contributed by atoms with Gasteiger partial charge in [0.15, 0.2) is 0 Å². The molecule has 0 saturated carbocycles. The topological polar surface area (TPSA) is 38.1 Å². The fraction of sp³-hybridized carbons (Fsp3) is 0.360. The van der Waals surface area contributed by atoms with Gasteiger partial charge in [0.2, 0.25) is 5.95 Å². The van der Waals surface area contributed by atoms with Crippen molar-refractivity contribution in [2.75, 3.05) is 18.0 Å². The minimum Gasteiger partial charge on any atom is -0.342 e. The molecule has 0 amide bonds. The van der Waals surface area contributed by atoms with Gasteiger partial charge in [-0.25, -0.2) is 9.55 Å². The maximum atomic E-state index is 13.5. The highest BCUT2D eigenvalue weighted by molar-refractivity contribution is 5.44. The SMILES string of the molecule is CCCCN(CCCC)c1ncc(Cc2ccccc2)c(=O)n1-c1ccccc1. The van der Waals surface area contributed by atoms with Gasteiger partial charge < -0.3 is 4.90 Å². The lowest BCUT2D eigenvalue weighted by Crippen LogP contribution is -2.35. The lowest BCUT2D eigenvalue weighted by atomic mass is 10.1. The van der Waals surface area contributed by atoms with Crippen molar-refractivity contribution in [1.29, 1.82) is 0 Å². The molecule has 0 aliphatic carbocycles. The standard InChI is InChI=1S/C25H31N3O/c1-3-5-17-27(18-6-4-2)25-26-20-22(19-21-13-9-7-10-14-21)24(29)28(25)23-15-11-8-12-16-23/h7-16,20H,3-6,17-19H2,1-2H3. The number of anilines is 1. The Labute approximate surface area is 173 Å². The molecule has 0 fully saturated rings. The van der Waals surface area contributed by atoms with Crippen LogP contribution in [0.15, 0.2) is 71.7 Å². The molecular weight excluding hydrogens is 358 g/mol. The van der Waals surface area contributed by atoms with Gasteiger partial charge in [-0.05, 0) is 30.5 Å². The minimum atomic E-state index is 0.0167. The van der Waals surface area contributed by atoms with Gasteiger partial charge in [0, 0.05) is 31.3 Å². The lowest BCUT2D eigenvalue weighted by molar-refractivity contribution is 0.650. The second kappa shape index (κ2) is 10.6. The van der Waals surface area contributed by atoms with E-state index in [0.29, 0.717) is 6.42 Å². The largest absolute Gasteiger partial charge is 0.342 e. The zero-order valence-corrected chi connectivity index (χ0v) is 17.6. The van der Waals surface area contributed by atoms with E-state index in [1.165, 1.54) is 0 Å². The number of hydrogen-bond donors (Lipinski definition) is 0. The average Bonchev–Trinajstić information content (AvgIpc) is 2.77. The smallest absolute Gasteiger partial charge is 0.263 e. The van der Waals surface area contributed by atoms with E-state index < -0.39 is 0 Å². The Morgan fingerprint density at radius 2 is 1.45 bits per heavy atom. The summed E-state index contributed by atoms with van der Waals surface area (Å²) in [6.07, 6.45) is 6.76. The summed E-state index contributed by atoms with van der Waals surface area (Å²) in [5, 5.41) is 0. The first kappa shape index (κ1) is 20.8. The van der Waals surface area contributed by atoms with Gasteiger partial charge in [-0.1, -0.05) is 75.2 Å². The Morgan fingerprint density at radius 1 is 0.862 bits per heavy atom. The Balaban J connectivity index is 2.07. The summed E-state index contributed by atoms with van der Waals surface area (Å²) in [5.74, 6) is 0.750. The summed E-state index contributed by atoms with van der Waals surface area (Å²) in [5.41, 5.74) is 2.72. The number of aromatic nitrogens is 2. The fourth-order valence-corrected chi connectivity index (χ4v) is 3.46. The highest BCUT2D eigenvalue weighted by atomic mass is 16.1. The molecule has 0 atom stereocenters. The van der Waals surface area contributed by atoms with Crippen LogP contribution in [-0.2, 0) is 6.42 Å². The van der Waals surface area contributed by atoms with Crippen molar-refractivity contribution in [1.82, 2.24) is 9.55 Å². The second-order valence-electron chi connectivity index (χ2n) is 7.42. The summed E-state index contributed by atoms with van der Waals surface area (Å²) in [6.45, 7) is 6.21. The molecular formula is C25H31N3O. The summed E-state index contributed by atoms with van der Waals surface area (Å²) in [7, 11) is 0. The van der Waals surface area contributed by atoms with Crippen LogP contribution in [0.25, 0.3) is 5.69 Å². The third-order valence-electron chi connectivity index (χ3n) is 5.11. The van der Waals surface area contributed by atoms with E-state index in [1.807, 2.05) is 48.5 Å². The molecule has 1 aromatic heterocycles. The van der Waals surface area contributed by atoms with Gasteiger partial charge >= 0.3 is 0 Å². The first-order chi connectivity index (χ1) is 14.2. The van der Waals surface area contributed by atoms with Crippen molar-refractivity contribution < 1.29 is 0 Å². The van der Waals surface area contributed by atoms with Crippen LogP contribution in [0.4, 0.5) is 5.95 Å². The third-order valence-corrected chi connectivity index (χ3v) is 5.11. The first-order valence-corrected chi connectivity index (χ1v) is 10.7. The number of unbranched alkanes of at least 4 members (excludes halogenated alkanes) is 2. The van der Waals surface area contributed by atoms with Gasteiger partial charge in [0.1, 0.15) is 0 Å². The van der Waals surface area contributed by atoms with E-state index in [1.54, 1.807) is 10.8 Å². The van der Waals surface area contributed by atoms with Crippen molar-refractivity contribution >= 4 is 5.95 Å². The lowest BCUT2D eigenvalue weighted by Gasteiger charge is -2.26. The Morgan fingerprint density at radius 3 is 2.03 bits per heavy atom. The van der Waals surface area contributed by atoms with Gasteiger partial charge in [-0.2, -0.15) is 0 Å². The van der Waals surface area contributed by atoms with E-state index in [0.717, 1.165) is 61.5 Å². The molecule has 4 nitrogen and oxygen atoms in total. The third kappa shape index (κ3) is 5.35. The summed E-state index contributed by atoms with van der Waals surface area (Å²) >= 11 is 0. The number of nitrogens with zero attached hydrogens (tertiary/aromatic N) is 3. The van der Waals surface area contributed by atoms with Gasteiger partial charge in [-0.15, -0.1) is 0 Å². The predicted molar refractivity (Wildman–Crippen MR) is 121 cm³/mol. The Kier molecular flexibility index (Phi) is 7.62. The van der Waals surface area contributed by atoms with Crippen LogP contribution in [0.3, 0.4) is 0 Å². The summed E-state index contributed by atoms with van der Waals surface area (Å²) in [4.78, 5) is 20.6. The molecule has 3 rings (SSSR count). The second-order valence-corrected chi connectivity index (χ2v) is 7.42. The maximum Gasteiger partial charge on any atom is 0.263 e. The molecule has 0 bridgehead atoms. The first-order valence-electron chi connectivity index (χ1n) is 10.7. The zero-order chi connectivity index (χ0) is 20.5. The van der Waals surface area contributed by atoms with E-state index in [4.69, 9.17) is 4.98 Å². The number of rotatable bonds is 10. The number of hydrogen-bond acceptors (Lipinski definition) is 3. The molecule has 0 aliphatic rings. The van der Waals surface area contributed by atoms with Crippen LogP contribution in [0.1, 0.15) is 50.7 Å². The van der Waals surface area contributed by atoms with Crippen LogP contribution in [0.2, 0.25) is 0 Å². The van der Waals surface area contributed by atoms with Crippen LogP contribution in [-0.4, -0.2) is 22.6 Å². The molecule has 1 heterocycles. The molecule has 29 heavy (non-hydrogen) atoms. The van der Waals surface area contributed by atoms with Crippen LogP contribution in [0.5, 0.6) is 0 Å². The molecule has 152 valence electrons. The number of para-hydroxylation sites is 1. The highest BCUT2D eigenvalue weighted by Crippen LogP contribution is 2.18. The Hall–Kier alpha value is -2.88. The van der Waals surface area contributed by atoms with E-state index >= 15 is 0 Å². The van der Waals surface area contributed by atoms with Crippen LogP contribution in [0, 0.1) is 0 Å². The molecule has 0 aliphatic heterocycles. The van der Waals surface area contributed by atoms with Crippen LogP contribution < -0.4 is 10.5 Å². The normalized spacial score (nSPS) is 10.8. The van der Waals surface area contributed by atoms with Gasteiger partial charge in [0.25, 0.3) is 5.56 Å². The molecule has 0 unspecified atom stereocenters. The van der Waals surface area contributed by atoms with E-state index in [9.17, 15) is 4.79 Å². The number of benzene rings is 2. The summed E-state index contributed by atoms with van der Waals surface area (Å²) in [6, 6.07) is 20.0. The Bertz CT molecular complexity index is 927. The summed E-state index contributed by atoms with van der Waals surface area (Å²) < 4.78 is 1.80. The highest BCUT2D eigenvalue weighted by Gasteiger charge is 2.17. The zero-order valence-electron chi connectivity index (χ0n) is 17.6. The van der Waals surface area contributed by atoms with Crippen molar-refractivity contribution in [3.05, 3.63) is 88.3 Å². The van der Waals surface area contributed by atoms with Crippen LogP contribution >= 0.6 is 0 Å². The van der Waals surface area contributed by atoms with Gasteiger partial charge in [-0.3, -0.25) is 4.79 Å². The van der Waals surface area contributed by atoms with Crippen molar-refractivity contribution in [3.63, 3.8) is 0 Å². The van der Waals surface area contributed by atoms with E-state index in [-0.39, 0.29) is 5.56 Å². The van der Waals surface area contributed by atoms with Crippen molar-refractivity contribution in [3.8, 4) is 5.69 Å². The molecule has 3 aromatic rings. The molecule has 0 N–H and O–H groups in total.